The molecule has 20 heavy (non-hydrogen) atoms. The lowest BCUT2D eigenvalue weighted by Crippen LogP contribution is -2.26. The molecule has 3 aromatic rings. The van der Waals surface area contributed by atoms with Crippen LogP contribution in [0.4, 0.5) is 0 Å². The Morgan fingerprint density at radius 1 is 0.950 bits per heavy atom. The first-order chi connectivity index (χ1) is 9.60. The van der Waals surface area contributed by atoms with Crippen LogP contribution in [-0.4, -0.2) is 5.11 Å². The topological polar surface area (TPSA) is 20.2 Å². The van der Waals surface area contributed by atoms with E-state index in [2.05, 4.69) is 43.5 Å². The van der Waals surface area contributed by atoms with E-state index in [-0.39, 0.29) is 5.41 Å². The molecule has 0 fully saturated rings. The van der Waals surface area contributed by atoms with Gasteiger partial charge in [-0.25, -0.2) is 0 Å². The van der Waals surface area contributed by atoms with Gasteiger partial charge in [0.2, 0.25) is 0 Å². The van der Waals surface area contributed by atoms with Crippen molar-refractivity contribution in [3.8, 4) is 0 Å². The molecular weight excluding hydrogens is 264 g/mol. The van der Waals surface area contributed by atoms with E-state index in [0.717, 1.165) is 16.5 Å². The molecule has 0 amide bonds. The molecule has 1 unspecified atom stereocenters. The number of fused-ring (bicyclic) bond motifs is 1. The monoisotopic (exact) mass is 282 g/mol. The van der Waals surface area contributed by atoms with Crippen LogP contribution < -0.4 is 0 Å². The zero-order valence-corrected chi connectivity index (χ0v) is 12.5. The molecule has 0 saturated carbocycles. The maximum atomic E-state index is 10.9. The van der Waals surface area contributed by atoms with Crippen LogP contribution in [0.1, 0.15) is 31.1 Å². The van der Waals surface area contributed by atoms with Crippen molar-refractivity contribution in [2.75, 3.05) is 0 Å². The zero-order chi connectivity index (χ0) is 14.2. The first-order valence-corrected chi connectivity index (χ1v) is 7.68. The van der Waals surface area contributed by atoms with Crippen molar-refractivity contribution in [2.24, 2.45) is 0 Å². The van der Waals surface area contributed by atoms with Gasteiger partial charge in [0.15, 0.2) is 0 Å². The van der Waals surface area contributed by atoms with Gasteiger partial charge in [-0.3, -0.25) is 0 Å². The molecule has 3 rings (SSSR count). The summed E-state index contributed by atoms with van der Waals surface area (Å²) in [6.07, 6.45) is -0.513. The average molecular weight is 282 g/mol. The van der Waals surface area contributed by atoms with Gasteiger partial charge in [0, 0.05) is 10.1 Å². The number of aliphatic hydroxyl groups is 1. The number of thiophene rings is 1. The molecule has 0 bridgehead atoms. The lowest BCUT2D eigenvalue weighted by atomic mass is 9.77. The molecule has 1 nitrogen and oxygen atoms in total. The fourth-order valence-corrected chi connectivity index (χ4v) is 3.60. The van der Waals surface area contributed by atoms with Crippen LogP contribution in [0.15, 0.2) is 60.0 Å². The molecule has 1 atom stereocenters. The highest BCUT2D eigenvalue weighted by atomic mass is 32.1. The van der Waals surface area contributed by atoms with Crippen molar-refractivity contribution in [1.29, 1.82) is 0 Å². The van der Waals surface area contributed by atoms with Crippen molar-refractivity contribution in [3.05, 3.63) is 71.1 Å². The van der Waals surface area contributed by atoms with E-state index in [1.807, 2.05) is 30.3 Å². The SMILES string of the molecule is CC(C)(c1ccccc1)C(O)c1csc2ccccc12. The van der Waals surface area contributed by atoms with Gasteiger partial charge in [-0.1, -0.05) is 62.4 Å². The third-order valence-corrected chi connectivity index (χ3v) is 4.99. The predicted molar refractivity (Wildman–Crippen MR) is 86.3 cm³/mol. The largest absolute Gasteiger partial charge is 0.387 e. The van der Waals surface area contributed by atoms with E-state index >= 15 is 0 Å². The van der Waals surface area contributed by atoms with Gasteiger partial charge in [-0.15, -0.1) is 11.3 Å². The Labute approximate surface area is 123 Å². The minimum Gasteiger partial charge on any atom is -0.387 e. The first-order valence-electron chi connectivity index (χ1n) is 6.80. The first kappa shape index (κ1) is 13.3. The van der Waals surface area contributed by atoms with Gasteiger partial charge in [0.25, 0.3) is 0 Å². The molecule has 102 valence electrons. The zero-order valence-electron chi connectivity index (χ0n) is 11.7. The summed E-state index contributed by atoms with van der Waals surface area (Å²) in [4.78, 5) is 0. The van der Waals surface area contributed by atoms with Gasteiger partial charge in [0.05, 0.1) is 6.10 Å². The lowest BCUT2D eigenvalue weighted by Gasteiger charge is -2.31. The highest BCUT2D eigenvalue weighted by Gasteiger charge is 2.32. The van der Waals surface area contributed by atoms with Crippen molar-refractivity contribution in [2.45, 2.75) is 25.4 Å². The third-order valence-electron chi connectivity index (χ3n) is 4.01. The maximum absolute atomic E-state index is 10.9. The Hall–Kier alpha value is -1.64. The van der Waals surface area contributed by atoms with Crippen LogP contribution in [0.25, 0.3) is 10.1 Å². The number of hydrogen-bond donors (Lipinski definition) is 1. The van der Waals surface area contributed by atoms with E-state index in [0.29, 0.717) is 0 Å². The van der Waals surface area contributed by atoms with Crippen LogP contribution in [0, 0.1) is 0 Å². The Balaban J connectivity index is 2.06. The van der Waals surface area contributed by atoms with Crippen LogP contribution in [-0.2, 0) is 5.41 Å². The second-order valence-corrected chi connectivity index (χ2v) is 6.59. The second kappa shape index (κ2) is 5.04. The van der Waals surface area contributed by atoms with Crippen molar-refractivity contribution in [3.63, 3.8) is 0 Å². The molecule has 0 aliphatic rings. The van der Waals surface area contributed by atoms with Gasteiger partial charge < -0.3 is 5.11 Å². The van der Waals surface area contributed by atoms with Crippen molar-refractivity contribution < 1.29 is 5.11 Å². The third kappa shape index (κ3) is 2.15. The predicted octanol–water partition coefficient (Wildman–Crippen LogP) is 4.91. The molecular formula is C18H18OS. The van der Waals surface area contributed by atoms with Crippen molar-refractivity contribution in [1.82, 2.24) is 0 Å². The Morgan fingerprint density at radius 2 is 1.60 bits per heavy atom. The summed E-state index contributed by atoms with van der Waals surface area (Å²) in [5.41, 5.74) is 1.87. The van der Waals surface area contributed by atoms with Gasteiger partial charge in [0.1, 0.15) is 0 Å². The van der Waals surface area contributed by atoms with Crippen LogP contribution in [0.5, 0.6) is 0 Å². The Bertz CT molecular complexity index is 712. The molecule has 0 radical (unpaired) electrons. The van der Waals surface area contributed by atoms with Crippen LogP contribution in [0.3, 0.4) is 0 Å². The minimum absolute atomic E-state index is 0.314. The fraction of sp³-hybridized carbons (Fsp3) is 0.222. The maximum Gasteiger partial charge on any atom is 0.0895 e. The van der Waals surface area contributed by atoms with E-state index in [1.54, 1.807) is 11.3 Å². The smallest absolute Gasteiger partial charge is 0.0895 e. The average Bonchev–Trinajstić information content (AvgIpc) is 2.91. The minimum atomic E-state index is -0.513. The van der Waals surface area contributed by atoms with E-state index < -0.39 is 6.10 Å². The summed E-state index contributed by atoms with van der Waals surface area (Å²) in [7, 11) is 0. The van der Waals surface area contributed by atoms with E-state index in [9.17, 15) is 5.11 Å². The Kier molecular flexibility index (Phi) is 3.36. The highest BCUT2D eigenvalue weighted by molar-refractivity contribution is 7.17. The number of benzene rings is 2. The lowest BCUT2D eigenvalue weighted by molar-refractivity contribution is 0.102. The number of aliphatic hydroxyl groups excluding tert-OH is 1. The van der Waals surface area contributed by atoms with Crippen LogP contribution in [0.2, 0.25) is 0 Å². The molecule has 0 spiro atoms. The highest BCUT2D eigenvalue weighted by Crippen LogP contribution is 2.41. The summed E-state index contributed by atoms with van der Waals surface area (Å²) < 4.78 is 1.23. The molecule has 0 saturated heterocycles. The molecule has 1 heterocycles. The van der Waals surface area contributed by atoms with Gasteiger partial charge in [-0.2, -0.15) is 0 Å². The second-order valence-electron chi connectivity index (χ2n) is 5.68. The molecule has 2 aromatic carbocycles. The van der Waals surface area contributed by atoms with Gasteiger partial charge >= 0.3 is 0 Å². The number of hydrogen-bond acceptors (Lipinski definition) is 2. The molecule has 1 N–H and O–H groups in total. The van der Waals surface area contributed by atoms with E-state index in [1.165, 1.54) is 4.70 Å². The normalized spacial score (nSPS) is 13.6. The summed E-state index contributed by atoms with van der Waals surface area (Å²) in [5.74, 6) is 0. The Morgan fingerprint density at radius 3 is 2.35 bits per heavy atom. The standard InChI is InChI=1S/C18H18OS/c1-18(2,13-8-4-3-5-9-13)17(19)15-12-20-16-11-7-6-10-14(15)16/h3-12,17,19H,1-2H3. The number of rotatable bonds is 3. The molecule has 0 aliphatic heterocycles. The summed E-state index contributed by atoms with van der Waals surface area (Å²) in [6.45, 7) is 4.19. The molecule has 0 aliphatic carbocycles. The van der Waals surface area contributed by atoms with Crippen LogP contribution >= 0.6 is 11.3 Å². The summed E-state index contributed by atoms with van der Waals surface area (Å²) in [5, 5.41) is 14.1. The van der Waals surface area contributed by atoms with E-state index in [4.69, 9.17) is 0 Å². The fourth-order valence-electron chi connectivity index (χ4n) is 2.62. The quantitative estimate of drug-likeness (QED) is 0.723. The summed E-state index contributed by atoms with van der Waals surface area (Å²) >= 11 is 1.69. The molecule has 2 heteroatoms. The molecule has 1 aromatic heterocycles. The van der Waals surface area contributed by atoms with Gasteiger partial charge in [-0.05, 0) is 28.0 Å². The summed E-state index contributed by atoms with van der Waals surface area (Å²) in [6, 6.07) is 18.5. The van der Waals surface area contributed by atoms with Crippen molar-refractivity contribution >= 4 is 21.4 Å².